The van der Waals surface area contributed by atoms with Crippen LogP contribution in [0.25, 0.3) is 0 Å². The minimum atomic E-state index is -0.473. The fraction of sp³-hybridized carbons (Fsp3) is 0.333. The molecule has 1 N–H and O–H groups in total. The number of methoxy groups -OCH3 is 2. The van der Waals surface area contributed by atoms with Crippen molar-refractivity contribution in [3.63, 3.8) is 0 Å². The van der Waals surface area contributed by atoms with Gasteiger partial charge in [-0.3, -0.25) is 4.79 Å². The molecule has 1 rings (SSSR count). The number of nitrogens with one attached hydrogen (secondary N) is 1. The zero-order valence-electron chi connectivity index (χ0n) is 10.3. The lowest BCUT2D eigenvalue weighted by Crippen LogP contribution is -2.10. The predicted molar refractivity (Wildman–Crippen MR) is 63.4 cm³/mol. The van der Waals surface area contributed by atoms with Crippen molar-refractivity contribution in [1.82, 2.24) is 0 Å². The summed E-state index contributed by atoms with van der Waals surface area (Å²) in [6.07, 6.45) is 0. The number of carbonyl (C=O) groups excluding carboxylic acids is 2. The van der Waals surface area contributed by atoms with Crippen molar-refractivity contribution in [3.8, 4) is 5.75 Å². The van der Waals surface area contributed by atoms with Gasteiger partial charge in [0.25, 0.3) is 0 Å². The van der Waals surface area contributed by atoms with Gasteiger partial charge in [-0.2, -0.15) is 0 Å². The van der Waals surface area contributed by atoms with Crippen molar-refractivity contribution in [2.24, 2.45) is 0 Å². The summed E-state index contributed by atoms with van der Waals surface area (Å²) in [6.45, 7) is 3.21. The van der Waals surface area contributed by atoms with E-state index in [2.05, 4.69) is 10.1 Å². The van der Waals surface area contributed by atoms with E-state index in [0.717, 1.165) is 5.56 Å². The first-order valence-electron chi connectivity index (χ1n) is 5.04. The summed E-state index contributed by atoms with van der Waals surface area (Å²) in [5.74, 6) is -0.286. The molecule has 0 aliphatic rings. The second kappa shape index (κ2) is 5.34. The zero-order chi connectivity index (χ0) is 13.0. The molecule has 0 aliphatic carbocycles. The molecule has 5 heteroatoms. The van der Waals surface area contributed by atoms with Gasteiger partial charge in [-0.1, -0.05) is 0 Å². The van der Waals surface area contributed by atoms with E-state index in [9.17, 15) is 9.59 Å². The van der Waals surface area contributed by atoms with Crippen LogP contribution in [-0.4, -0.2) is 26.1 Å². The standard InChI is InChI=1S/C12H15NO4/c1-7-5-9(12(15)17-4)11(16-3)6-10(7)13-8(2)14/h5-6H,1-4H3,(H,13,14). The number of hydrogen-bond donors (Lipinski definition) is 1. The third-order valence-electron chi connectivity index (χ3n) is 2.26. The molecule has 0 fully saturated rings. The topological polar surface area (TPSA) is 64.6 Å². The van der Waals surface area contributed by atoms with Crippen molar-refractivity contribution in [3.05, 3.63) is 23.3 Å². The Hall–Kier alpha value is -2.04. The molecule has 92 valence electrons. The predicted octanol–water partition coefficient (Wildman–Crippen LogP) is 1.75. The van der Waals surface area contributed by atoms with Crippen LogP contribution in [0.1, 0.15) is 22.8 Å². The lowest BCUT2D eigenvalue weighted by atomic mass is 10.1. The fourth-order valence-corrected chi connectivity index (χ4v) is 1.45. The van der Waals surface area contributed by atoms with Gasteiger partial charge >= 0.3 is 5.97 Å². The van der Waals surface area contributed by atoms with Crippen LogP contribution in [0.3, 0.4) is 0 Å². The van der Waals surface area contributed by atoms with Crippen LogP contribution in [-0.2, 0) is 9.53 Å². The Bertz CT molecular complexity index is 454. The van der Waals surface area contributed by atoms with Gasteiger partial charge in [0.05, 0.1) is 14.2 Å². The van der Waals surface area contributed by atoms with E-state index >= 15 is 0 Å². The molecule has 1 aromatic carbocycles. The van der Waals surface area contributed by atoms with Crippen LogP contribution in [0.5, 0.6) is 5.75 Å². The lowest BCUT2D eigenvalue weighted by molar-refractivity contribution is -0.114. The number of benzene rings is 1. The summed E-state index contributed by atoms with van der Waals surface area (Å²) in [5, 5.41) is 2.66. The zero-order valence-corrected chi connectivity index (χ0v) is 10.3. The molecule has 17 heavy (non-hydrogen) atoms. The van der Waals surface area contributed by atoms with Crippen LogP contribution >= 0.6 is 0 Å². The Morgan fingerprint density at radius 1 is 1.24 bits per heavy atom. The molecule has 0 atom stereocenters. The van der Waals surface area contributed by atoms with Crippen molar-refractivity contribution in [2.75, 3.05) is 19.5 Å². The van der Waals surface area contributed by atoms with Gasteiger partial charge in [0.15, 0.2) is 0 Å². The Morgan fingerprint density at radius 2 is 1.88 bits per heavy atom. The Balaban J connectivity index is 3.24. The highest BCUT2D eigenvalue weighted by molar-refractivity contribution is 5.95. The van der Waals surface area contributed by atoms with Crippen LogP contribution in [0.15, 0.2) is 12.1 Å². The molecule has 0 aromatic heterocycles. The summed E-state index contributed by atoms with van der Waals surface area (Å²) in [4.78, 5) is 22.5. The quantitative estimate of drug-likeness (QED) is 0.813. The maximum Gasteiger partial charge on any atom is 0.341 e. The number of rotatable bonds is 3. The maximum atomic E-state index is 11.5. The summed E-state index contributed by atoms with van der Waals surface area (Å²) in [6, 6.07) is 3.22. The van der Waals surface area contributed by atoms with E-state index < -0.39 is 5.97 Å². The van der Waals surface area contributed by atoms with E-state index in [1.807, 2.05) is 0 Å². The average molecular weight is 237 g/mol. The molecule has 0 saturated heterocycles. The highest BCUT2D eigenvalue weighted by atomic mass is 16.5. The van der Waals surface area contributed by atoms with E-state index in [-0.39, 0.29) is 5.91 Å². The third-order valence-corrected chi connectivity index (χ3v) is 2.26. The van der Waals surface area contributed by atoms with Gasteiger partial charge in [0.1, 0.15) is 11.3 Å². The molecule has 1 aromatic rings. The number of esters is 1. The van der Waals surface area contributed by atoms with E-state index in [1.165, 1.54) is 21.1 Å². The van der Waals surface area contributed by atoms with Gasteiger partial charge in [-0.15, -0.1) is 0 Å². The van der Waals surface area contributed by atoms with Crippen molar-refractivity contribution >= 4 is 17.6 Å². The van der Waals surface area contributed by atoms with Crippen LogP contribution < -0.4 is 10.1 Å². The van der Waals surface area contributed by atoms with E-state index in [0.29, 0.717) is 17.0 Å². The number of amides is 1. The normalized spacial score (nSPS) is 9.65. The van der Waals surface area contributed by atoms with Gasteiger partial charge < -0.3 is 14.8 Å². The average Bonchev–Trinajstić information content (AvgIpc) is 2.29. The first-order chi connectivity index (χ1) is 7.99. The van der Waals surface area contributed by atoms with Gasteiger partial charge in [0, 0.05) is 18.7 Å². The van der Waals surface area contributed by atoms with Crippen LogP contribution in [0.4, 0.5) is 5.69 Å². The van der Waals surface area contributed by atoms with E-state index in [1.54, 1.807) is 19.1 Å². The summed E-state index contributed by atoms with van der Waals surface area (Å²) in [5.41, 5.74) is 1.71. The van der Waals surface area contributed by atoms with E-state index in [4.69, 9.17) is 4.74 Å². The highest BCUT2D eigenvalue weighted by Gasteiger charge is 2.15. The fourth-order valence-electron chi connectivity index (χ4n) is 1.45. The van der Waals surface area contributed by atoms with Crippen molar-refractivity contribution in [1.29, 1.82) is 0 Å². The number of hydrogen-bond acceptors (Lipinski definition) is 4. The van der Waals surface area contributed by atoms with Gasteiger partial charge in [-0.25, -0.2) is 4.79 Å². The lowest BCUT2D eigenvalue weighted by Gasteiger charge is -2.12. The second-order valence-corrected chi connectivity index (χ2v) is 3.54. The smallest absolute Gasteiger partial charge is 0.341 e. The maximum absolute atomic E-state index is 11.5. The van der Waals surface area contributed by atoms with Crippen molar-refractivity contribution in [2.45, 2.75) is 13.8 Å². The van der Waals surface area contributed by atoms with Crippen molar-refractivity contribution < 1.29 is 19.1 Å². The summed E-state index contributed by atoms with van der Waals surface area (Å²) in [7, 11) is 2.76. The number of ether oxygens (including phenoxy) is 2. The molecule has 0 aliphatic heterocycles. The molecule has 0 spiro atoms. The molecular weight excluding hydrogens is 222 g/mol. The molecule has 5 nitrogen and oxygen atoms in total. The first kappa shape index (κ1) is 13.0. The molecule has 0 saturated carbocycles. The van der Waals surface area contributed by atoms with Crippen LogP contribution in [0.2, 0.25) is 0 Å². The SMILES string of the molecule is COC(=O)c1cc(C)c(NC(C)=O)cc1OC. The Morgan fingerprint density at radius 3 is 2.35 bits per heavy atom. The highest BCUT2D eigenvalue weighted by Crippen LogP contribution is 2.27. The summed E-state index contributed by atoms with van der Waals surface area (Å²) >= 11 is 0. The Labute approximate surface area is 99.7 Å². The third kappa shape index (κ3) is 2.96. The van der Waals surface area contributed by atoms with Gasteiger partial charge in [0.2, 0.25) is 5.91 Å². The Kier molecular flexibility index (Phi) is 4.09. The second-order valence-electron chi connectivity index (χ2n) is 3.54. The molecule has 0 heterocycles. The number of carbonyl (C=O) groups is 2. The number of aryl methyl sites for hydroxylation is 1. The number of anilines is 1. The molecule has 0 bridgehead atoms. The molecule has 0 radical (unpaired) electrons. The largest absolute Gasteiger partial charge is 0.496 e. The van der Waals surface area contributed by atoms with Crippen LogP contribution in [0, 0.1) is 6.92 Å². The van der Waals surface area contributed by atoms with Gasteiger partial charge in [-0.05, 0) is 18.6 Å². The summed E-state index contributed by atoms with van der Waals surface area (Å²) < 4.78 is 9.74. The molecule has 0 unspecified atom stereocenters. The minimum absolute atomic E-state index is 0.180. The first-order valence-corrected chi connectivity index (χ1v) is 5.04. The monoisotopic (exact) mass is 237 g/mol. The molecule has 1 amide bonds. The molecular formula is C12H15NO4. The minimum Gasteiger partial charge on any atom is -0.496 e.